The highest BCUT2D eigenvalue weighted by atomic mass is 19.1. The maximum absolute atomic E-state index is 13.9. The number of halogens is 1. The fraction of sp³-hybridized carbons (Fsp3) is 0.500. The minimum Gasteiger partial charge on any atom is -0.507 e. The number of phenols is 1. The normalized spacial score (nSPS) is 20.5. The highest BCUT2D eigenvalue weighted by Gasteiger charge is 2.52. The molecule has 0 amide bonds. The predicted molar refractivity (Wildman–Crippen MR) is 86.1 cm³/mol. The molecule has 1 fully saturated rings. The zero-order valence-electron chi connectivity index (χ0n) is 13.7. The zero-order chi connectivity index (χ0) is 16.5. The molecule has 1 aromatic rings. The van der Waals surface area contributed by atoms with E-state index in [1.807, 2.05) is 27.7 Å². The van der Waals surface area contributed by atoms with E-state index in [4.69, 9.17) is 9.31 Å². The third-order valence-corrected chi connectivity index (χ3v) is 4.30. The van der Waals surface area contributed by atoms with Crippen molar-refractivity contribution in [3.05, 3.63) is 35.1 Å². The molecular weight excluding hydrogens is 284 g/mol. The molecular formula is C16H23BFNO3. The summed E-state index contributed by atoms with van der Waals surface area (Å²) in [6, 6.07) is 4.23. The van der Waals surface area contributed by atoms with Gasteiger partial charge in [-0.3, -0.25) is 0 Å². The lowest BCUT2D eigenvalue weighted by atomic mass is 9.77. The summed E-state index contributed by atoms with van der Waals surface area (Å²) in [4.78, 5) is 0. The van der Waals surface area contributed by atoms with Crippen LogP contribution in [0.5, 0.6) is 5.75 Å². The second-order valence-corrected chi connectivity index (χ2v) is 6.51. The minimum absolute atomic E-state index is 0.106. The Balaban J connectivity index is 2.38. The molecule has 0 aromatic heterocycles. The van der Waals surface area contributed by atoms with Crippen molar-refractivity contribution in [3.63, 3.8) is 0 Å². The summed E-state index contributed by atoms with van der Waals surface area (Å²) >= 11 is 0. The first kappa shape index (κ1) is 17.0. The third-order valence-electron chi connectivity index (χ3n) is 4.30. The molecule has 0 bridgehead atoms. The van der Waals surface area contributed by atoms with Gasteiger partial charge in [0.15, 0.2) is 0 Å². The van der Waals surface area contributed by atoms with Gasteiger partial charge in [-0.2, -0.15) is 0 Å². The Morgan fingerprint density at radius 3 is 2.36 bits per heavy atom. The van der Waals surface area contributed by atoms with Gasteiger partial charge in [0, 0.05) is 6.54 Å². The van der Waals surface area contributed by atoms with E-state index in [-0.39, 0.29) is 11.3 Å². The molecule has 0 unspecified atom stereocenters. The maximum atomic E-state index is 13.9. The van der Waals surface area contributed by atoms with Crippen LogP contribution in [0.15, 0.2) is 23.7 Å². The van der Waals surface area contributed by atoms with Gasteiger partial charge in [0.25, 0.3) is 0 Å². The van der Waals surface area contributed by atoms with Gasteiger partial charge in [-0.15, -0.1) is 0 Å². The van der Waals surface area contributed by atoms with Gasteiger partial charge in [-0.05, 0) is 52.3 Å². The third kappa shape index (κ3) is 3.19. The molecule has 4 nitrogen and oxygen atoms in total. The van der Waals surface area contributed by atoms with E-state index in [0.29, 0.717) is 6.54 Å². The number of benzene rings is 1. The van der Waals surface area contributed by atoms with Crippen molar-refractivity contribution in [2.45, 2.75) is 38.9 Å². The van der Waals surface area contributed by atoms with Crippen LogP contribution >= 0.6 is 0 Å². The number of likely N-dealkylation sites (N-methyl/N-ethyl adjacent to an activating group) is 1. The molecule has 1 saturated heterocycles. The topological polar surface area (TPSA) is 50.7 Å². The molecule has 1 heterocycles. The van der Waals surface area contributed by atoms with E-state index in [1.165, 1.54) is 18.2 Å². The molecule has 22 heavy (non-hydrogen) atoms. The zero-order valence-corrected chi connectivity index (χ0v) is 13.7. The lowest BCUT2D eigenvalue weighted by molar-refractivity contribution is 0.00578. The summed E-state index contributed by atoms with van der Waals surface area (Å²) in [6.45, 7) is 8.31. The molecule has 0 atom stereocenters. The lowest BCUT2D eigenvalue weighted by Gasteiger charge is -2.32. The first-order valence-electron chi connectivity index (χ1n) is 7.36. The van der Waals surface area contributed by atoms with Gasteiger partial charge in [-0.25, -0.2) is 4.39 Å². The van der Waals surface area contributed by atoms with Crippen LogP contribution in [0.1, 0.15) is 33.3 Å². The summed E-state index contributed by atoms with van der Waals surface area (Å²) < 4.78 is 25.9. The largest absolute Gasteiger partial charge is 0.507 e. The molecule has 1 aromatic carbocycles. The lowest BCUT2D eigenvalue weighted by Crippen LogP contribution is -2.41. The SMILES string of the molecule is CNCC(=Cc1c(O)cccc1F)B1OC(C)(C)C(C)(C)O1. The summed E-state index contributed by atoms with van der Waals surface area (Å²) in [6.07, 6.45) is 1.59. The monoisotopic (exact) mass is 307 g/mol. The van der Waals surface area contributed by atoms with Crippen molar-refractivity contribution in [1.82, 2.24) is 5.32 Å². The summed E-state index contributed by atoms with van der Waals surface area (Å²) in [5, 5.41) is 12.9. The number of rotatable bonds is 4. The van der Waals surface area contributed by atoms with Crippen LogP contribution in [0.2, 0.25) is 0 Å². The molecule has 0 aliphatic carbocycles. The molecule has 0 spiro atoms. The van der Waals surface area contributed by atoms with Crippen molar-refractivity contribution in [2.24, 2.45) is 0 Å². The standard InChI is InChI=1S/C16H23BFNO3/c1-15(2)16(3,4)22-17(21-15)11(10-19-5)9-12-13(18)7-6-8-14(12)20/h6-9,19-20H,10H2,1-5H3. The Hall–Kier alpha value is -1.37. The highest BCUT2D eigenvalue weighted by Crippen LogP contribution is 2.39. The smallest absolute Gasteiger partial charge is 0.491 e. The molecule has 120 valence electrons. The molecule has 2 N–H and O–H groups in total. The Bertz CT molecular complexity index is 551. The quantitative estimate of drug-likeness (QED) is 0.840. The van der Waals surface area contributed by atoms with Crippen molar-refractivity contribution < 1.29 is 18.8 Å². The van der Waals surface area contributed by atoms with Gasteiger partial charge in [-0.1, -0.05) is 12.1 Å². The summed E-state index contributed by atoms with van der Waals surface area (Å²) in [5.74, 6) is -0.588. The Morgan fingerprint density at radius 2 is 1.86 bits per heavy atom. The minimum atomic E-state index is -0.587. The number of phenolic OH excluding ortho intramolecular Hbond substituents is 1. The second kappa shape index (κ2) is 6.03. The van der Waals surface area contributed by atoms with Crippen LogP contribution in [0.4, 0.5) is 4.39 Å². The second-order valence-electron chi connectivity index (χ2n) is 6.51. The summed E-state index contributed by atoms with van der Waals surface area (Å²) in [5.41, 5.74) is -0.0761. The first-order valence-corrected chi connectivity index (χ1v) is 7.36. The predicted octanol–water partition coefficient (Wildman–Crippen LogP) is 2.77. The number of hydrogen-bond donors (Lipinski definition) is 2. The fourth-order valence-corrected chi connectivity index (χ4v) is 2.25. The van der Waals surface area contributed by atoms with Crippen molar-refractivity contribution in [3.8, 4) is 5.75 Å². The number of aromatic hydroxyl groups is 1. The van der Waals surface area contributed by atoms with Crippen LogP contribution in [0.25, 0.3) is 6.08 Å². The van der Waals surface area contributed by atoms with Gasteiger partial charge >= 0.3 is 7.12 Å². The van der Waals surface area contributed by atoms with Crippen LogP contribution in [-0.4, -0.2) is 37.0 Å². The maximum Gasteiger partial charge on any atom is 0.491 e. The Morgan fingerprint density at radius 1 is 1.27 bits per heavy atom. The molecule has 6 heteroatoms. The van der Waals surface area contributed by atoms with E-state index >= 15 is 0 Å². The fourth-order valence-electron chi connectivity index (χ4n) is 2.25. The van der Waals surface area contributed by atoms with E-state index in [9.17, 15) is 9.50 Å². The molecule has 0 saturated carbocycles. The van der Waals surface area contributed by atoms with Crippen molar-refractivity contribution in [2.75, 3.05) is 13.6 Å². The molecule has 2 rings (SSSR count). The van der Waals surface area contributed by atoms with E-state index in [1.54, 1.807) is 13.1 Å². The van der Waals surface area contributed by atoms with Crippen LogP contribution in [-0.2, 0) is 9.31 Å². The van der Waals surface area contributed by atoms with Gasteiger partial charge in [0.1, 0.15) is 11.6 Å². The molecule has 1 aliphatic rings. The average Bonchev–Trinajstić information content (AvgIpc) is 2.61. The number of hydrogen-bond acceptors (Lipinski definition) is 4. The van der Waals surface area contributed by atoms with Crippen molar-refractivity contribution in [1.29, 1.82) is 0 Å². The van der Waals surface area contributed by atoms with Crippen molar-refractivity contribution >= 4 is 13.2 Å². The first-order chi connectivity index (χ1) is 10.2. The Kier molecular flexibility index (Phi) is 4.66. The average molecular weight is 307 g/mol. The van der Waals surface area contributed by atoms with E-state index < -0.39 is 24.1 Å². The van der Waals surface area contributed by atoms with E-state index in [2.05, 4.69) is 5.32 Å². The highest BCUT2D eigenvalue weighted by molar-refractivity contribution is 6.56. The Labute approximate surface area is 131 Å². The number of nitrogens with one attached hydrogen (secondary N) is 1. The van der Waals surface area contributed by atoms with Gasteiger partial charge in [0.2, 0.25) is 0 Å². The van der Waals surface area contributed by atoms with Crippen LogP contribution < -0.4 is 5.32 Å². The van der Waals surface area contributed by atoms with Gasteiger partial charge in [0.05, 0.1) is 16.8 Å². The van der Waals surface area contributed by atoms with Crippen LogP contribution in [0, 0.1) is 5.82 Å². The van der Waals surface area contributed by atoms with Crippen LogP contribution in [0.3, 0.4) is 0 Å². The van der Waals surface area contributed by atoms with Gasteiger partial charge < -0.3 is 19.7 Å². The summed E-state index contributed by atoms with van der Waals surface area (Å²) in [7, 11) is 1.21. The molecule has 0 radical (unpaired) electrons. The van der Waals surface area contributed by atoms with E-state index in [0.717, 1.165) is 5.47 Å². The molecule has 1 aliphatic heterocycles.